The van der Waals surface area contributed by atoms with E-state index in [2.05, 4.69) is 10.6 Å². The normalized spacial score (nSPS) is 10.9. The number of aryl methyl sites for hydroxylation is 1. The Morgan fingerprint density at radius 2 is 1.53 bits per heavy atom. The number of hydrogen-bond donors (Lipinski definition) is 2. The molecule has 0 aliphatic rings. The number of benzene rings is 2. The van der Waals surface area contributed by atoms with Gasteiger partial charge in [-0.25, -0.2) is 4.68 Å². The van der Waals surface area contributed by atoms with E-state index >= 15 is 0 Å². The summed E-state index contributed by atoms with van der Waals surface area (Å²) in [6, 6.07) is 16.9. The first-order valence-electron chi connectivity index (χ1n) is 10.5. The summed E-state index contributed by atoms with van der Waals surface area (Å²) < 4.78 is 3.21. The molecule has 3 rings (SSSR count). The number of likely N-dealkylation sites (N-methyl/N-ethyl adjacent to an activating group) is 1. The molecule has 0 atom stereocenters. The van der Waals surface area contributed by atoms with Gasteiger partial charge in [-0.2, -0.15) is 0 Å². The summed E-state index contributed by atoms with van der Waals surface area (Å²) in [5.41, 5.74) is 3.11. The molecule has 0 bridgehead atoms. The lowest BCUT2D eigenvalue weighted by atomic mass is 10.1. The first kappa shape index (κ1) is 23.0. The minimum atomic E-state index is -0.361. The highest BCUT2D eigenvalue weighted by Gasteiger charge is 2.19. The lowest BCUT2D eigenvalue weighted by molar-refractivity contribution is -0.119. The molecule has 0 saturated heterocycles. The van der Waals surface area contributed by atoms with Crippen molar-refractivity contribution in [3.05, 3.63) is 76.2 Å². The Labute approximate surface area is 187 Å². The van der Waals surface area contributed by atoms with E-state index < -0.39 is 0 Å². The highest BCUT2D eigenvalue weighted by molar-refractivity contribution is 5.95. The molecular formula is C24H29N5O3. The molecule has 3 aromatic rings. The summed E-state index contributed by atoms with van der Waals surface area (Å²) in [7, 11) is 3.45. The Kier molecular flexibility index (Phi) is 7.27. The predicted octanol–water partition coefficient (Wildman–Crippen LogP) is 2.56. The van der Waals surface area contributed by atoms with Crippen LogP contribution < -0.4 is 16.2 Å². The van der Waals surface area contributed by atoms with Gasteiger partial charge in [0, 0.05) is 12.7 Å². The van der Waals surface area contributed by atoms with Crippen LogP contribution in [0.2, 0.25) is 0 Å². The molecule has 0 radical (unpaired) electrons. The second kappa shape index (κ2) is 10.1. The third-order valence-corrected chi connectivity index (χ3v) is 5.32. The van der Waals surface area contributed by atoms with Crippen molar-refractivity contribution >= 4 is 23.2 Å². The Morgan fingerprint density at radius 3 is 2.19 bits per heavy atom. The van der Waals surface area contributed by atoms with Gasteiger partial charge in [0.2, 0.25) is 11.8 Å². The Bertz CT molecular complexity index is 1160. The summed E-state index contributed by atoms with van der Waals surface area (Å²) >= 11 is 0. The monoisotopic (exact) mass is 435 g/mol. The number of carbonyl (C=O) groups is 2. The lowest BCUT2D eigenvalue weighted by Gasteiger charge is -2.16. The van der Waals surface area contributed by atoms with Crippen molar-refractivity contribution in [2.24, 2.45) is 7.05 Å². The number of nitrogens with one attached hydrogen (secondary N) is 2. The third kappa shape index (κ3) is 5.15. The molecule has 0 unspecified atom stereocenters. The van der Waals surface area contributed by atoms with Crippen LogP contribution in [-0.2, 0) is 23.1 Å². The molecule has 32 heavy (non-hydrogen) atoms. The third-order valence-electron chi connectivity index (χ3n) is 5.32. The van der Waals surface area contributed by atoms with E-state index in [1.165, 1.54) is 4.68 Å². The van der Waals surface area contributed by atoms with E-state index in [-0.39, 0.29) is 36.2 Å². The number of anilines is 2. The molecule has 8 nitrogen and oxygen atoms in total. The van der Waals surface area contributed by atoms with E-state index in [9.17, 15) is 14.4 Å². The Balaban J connectivity index is 1.63. The van der Waals surface area contributed by atoms with Crippen LogP contribution in [-0.4, -0.2) is 46.2 Å². The van der Waals surface area contributed by atoms with Crippen LogP contribution in [0.3, 0.4) is 0 Å². The second-order valence-corrected chi connectivity index (χ2v) is 7.72. The summed E-state index contributed by atoms with van der Waals surface area (Å²) in [5.74, 6) is -0.566. The van der Waals surface area contributed by atoms with Crippen molar-refractivity contribution in [2.45, 2.75) is 20.3 Å². The van der Waals surface area contributed by atoms with Crippen LogP contribution in [0.25, 0.3) is 5.69 Å². The molecule has 0 aliphatic carbocycles. The van der Waals surface area contributed by atoms with Gasteiger partial charge in [0.1, 0.15) is 5.69 Å². The van der Waals surface area contributed by atoms with Crippen molar-refractivity contribution in [3.8, 4) is 5.69 Å². The maximum atomic E-state index is 12.9. The van der Waals surface area contributed by atoms with Crippen molar-refractivity contribution in [1.82, 2.24) is 14.3 Å². The molecular weight excluding hydrogens is 406 g/mol. The van der Waals surface area contributed by atoms with Crippen LogP contribution >= 0.6 is 0 Å². The molecule has 0 spiro atoms. The molecule has 168 valence electrons. The maximum absolute atomic E-state index is 12.9. The fourth-order valence-corrected chi connectivity index (χ4v) is 3.58. The number of aromatic nitrogens is 2. The van der Waals surface area contributed by atoms with Gasteiger partial charge < -0.3 is 10.6 Å². The van der Waals surface area contributed by atoms with Crippen molar-refractivity contribution in [1.29, 1.82) is 0 Å². The minimum absolute atomic E-state index is 0.0258. The van der Waals surface area contributed by atoms with Crippen LogP contribution in [0.5, 0.6) is 0 Å². The molecule has 2 N–H and O–H groups in total. The molecule has 2 amide bonds. The topological polar surface area (TPSA) is 88.4 Å². The van der Waals surface area contributed by atoms with Gasteiger partial charge in [-0.05, 0) is 44.2 Å². The van der Waals surface area contributed by atoms with Gasteiger partial charge in [-0.1, -0.05) is 43.3 Å². The average Bonchev–Trinajstić information content (AvgIpc) is 2.97. The zero-order valence-electron chi connectivity index (χ0n) is 18.9. The minimum Gasteiger partial charge on any atom is -0.325 e. The van der Waals surface area contributed by atoms with E-state index in [0.717, 1.165) is 17.7 Å². The van der Waals surface area contributed by atoms with E-state index in [1.54, 1.807) is 30.6 Å². The van der Waals surface area contributed by atoms with Gasteiger partial charge in [-0.3, -0.25) is 24.0 Å². The summed E-state index contributed by atoms with van der Waals surface area (Å²) in [5, 5.41) is 5.61. The van der Waals surface area contributed by atoms with Crippen LogP contribution in [0.4, 0.5) is 11.4 Å². The predicted molar refractivity (Wildman–Crippen MR) is 126 cm³/mol. The second-order valence-electron chi connectivity index (χ2n) is 7.72. The zero-order valence-corrected chi connectivity index (χ0v) is 18.9. The quantitative estimate of drug-likeness (QED) is 0.569. The van der Waals surface area contributed by atoms with Crippen molar-refractivity contribution < 1.29 is 9.59 Å². The molecule has 1 heterocycles. The lowest BCUT2D eigenvalue weighted by Crippen LogP contribution is -2.37. The maximum Gasteiger partial charge on any atom is 0.295 e. The van der Waals surface area contributed by atoms with Crippen molar-refractivity contribution in [3.63, 3.8) is 0 Å². The smallest absolute Gasteiger partial charge is 0.295 e. The van der Waals surface area contributed by atoms with Gasteiger partial charge in [0.05, 0.1) is 24.5 Å². The number of para-hydroxylation sites is 2. The van der Waals surface area contributed by atoms with Gasteiger partial charge in [0.25, 0.3) is 5.56 Å². The summed E-state index contributed by atoms with van der Waals surface area (Å²) in [4.78, 5) is 39.5. The molecule has 0 aliphatic heterocycles. The number of hydrogen-bond acceptors (Lipinski definition) is 4. The van der Waals surface area contributed by atoms with Crippen LogP contribution in [0, 0.1) is 6.92 Å². The summed E-state index contributed by atoms with van der Waals surface area (Å²) in [6.45, 7) is 3.83. The van der Waals surface area contributed by atoms with Crippen LogP contribution in [0.15, 0.2) is 59.4 Å². The van der Waals surface area contributed by atoms with Gasteiger partial charge >= 0.3 is 0 Å². The Hall–Kier alpha value is -3.65. The fraction of sp³-hybridized carbons (Fsp3) is 0.292. The van der Waals surface area contributed by atoms with Crippen LogP contribution in [0.1, 0.15) is 18.2 Å². The zero-order chi connectivity index (χ0) is 23.3. The molecule has 8 heteroatoms. The van der Waals surface area contributed by atoms with E-state index in [4.69, 9.17) is 0 Å². The number of amides is 2. The molecule has 1 aromatic heterocycles. The highest BCUT2D eigenvalue weighted by atomic mass is 16.2. The highest BCUT2D eigenvalue weighted by Crippen LogP contribution is 2.16. The summed E-state index contributed by atoms with van der Waals surface area (Å²) in [6.07, 6.45) is 0.811. The Morgan fingerprint density at radius 1 is 0.938 bits per heavy atom. The average molecular weight is 436 g/mol. The molecule has 0 fully saturated rings. The standard InChI is InChI=1S/C24H29N5O3/c1-5-18-11-9-10-14-20(18)25-21(30)15-27(3)16-22(31)26-23-17(2)28(4)29(24(23)32)19-12-7-6-8-13-19/h6-14H,5,15-16H2,1-4H3,(H,25,30)(H,26,31). The molecule has 0 saturated carbocycles. The first-order valence-corrected chi connectivity index (χ1v) is 10.5. The molecule has 2 aromatic carbocycles. The van der Waals surface area contributed by atoms with E-state index in [1.807, 2.05) is 61.5 Å². The van der Waals surface area contributed by atoms with Gasteiger partial charge in [-0.15, -0.1) is 0 Å². The number of carbonyl (C=O) groups excluding carboxylic acids is 2. The van der Waals surface area contributed by atoms with E-state index in [0.29, 0.717) is 11.4 Å². The SMILES string of the molecule is CCc1ccccc1NC(=O)CN(C)CC(=O)Nc1c(C)n(C)n(-c2ccccc2)c1=O. The van der Waals surface area contributed by atoms with Gasteiger partial charge in [0.15, 0.2) is 0 Å². The first-order chi connectivity index (χ1) is 15.3. The van der Waals surface area contributed by atoms with Crippen molar-refractivity contribution in [2.75, 3.05) is 30.8 Å². The largest absolute Gasteiger partial charge is 0.325 e. The number of nitrogens with zero attached hydrogens (tertiary/aromatic N) is 3. The number of rotatable bonds is 8. The fourth-order valence-electron chi connectivity index (χ4n) is 3.58.